The van der Waals surface area contributed by atoms with Gasteiger partial charge in [-0.3, -0.25) is 9.59 Å². The molecule has 0 unspecified atom stereocenters. The zero-order chi connectivity index (χ0) is 18.1. The zero-order valence-electron chi connectivity index (χ0n) is 15.3. The molecule has 0 saturated heterocycles. The first-order valence-electron chi connectivity index (χ1n) is 9.84. The van der Waals surface area contributed by atoms with Gasteiger partial charge in [-0.2, -0.15) is 0 Å². The van der Waals surface area contributed by atoms with Gasteiger partial charge in [-0.05, 0) is 74.0 Å². The molecule has 26 heavy (non-hydrogen) atoms. The van der Waals surface area contributed by atoms with Crippen molar-refractivity contribution in [1.82, 2.24) is 10.6 Å². The molecule has 2 N–H and O–H groups in total. The lowest BCUT2D eigenvalue weighted by Gasteiger charge is -2.55. The molecule has 1 aromatic carbocycles. The summed E-state index contributed by atoms with van der Waals surface area (Å²) in [6.45, 7) is 4.59. The van der Waals surface area contributed by atoms with E-state index in [2.05, 4.69) is 17.2 Å². The molecule has 4 aliphatic carbocycles. The average molecular weight is 352 g/mol. The lowest BCUT2D eigenvalue weighted by atomic mass is 9.49. The van der Waals surface area contributed by atoms with E-state index in [0.717, 1.165) is 42.6 Å². The van der Waals surface area contributed by atoms with Crippen LogP contribution in [0.2, 0.25) is 0 Å². The van der Waals surface area contributed by atoms with Crippen molar-refractivity contribution in [2.75, 3.05) is 6.54 Å². The highest BCUT2D eigenvalue weighted by Gasteiger charge is 2.54. The Morgan fingerprint density at radius 2 is 1.58 bits per heavy atom. The predicted molar refractivity (Wildman–Crippen MR) is 101 cm³/mol. The lowest BCUT2D eigenvalue weighted by molar-refractivity contribution is -0.146. The Morgan fingerprint density at radius 1 is 1.00 bits per heavy atom. The summed E-state index contributed by atoms with van der Waals surface area (Å²) in [4.78, 5) is 24.9. The van der Waals surface area contributed by atoms with Gasteiger partial charge in [0.2, 0.25) is 5.91 Å². The molecule has 4 nitrogen and oxygen atoms in total. The topological polar surface area (TPSA) is 58.2 Å². The highest BCUT2D eigenvalue weighted by molar-refractivity contribution is 5.94. The van der Waals surface area contributed by atoms with Gasteiger partial charge < -0.3 is 10.6 Å². The smallest absolute Gasteiger partial charge is 0.251 e. The predicted octanol–water partition coefficient (Wildman–Crippen LogP) is 3.44. The molecule has 138 valence electrons. The van der Waals surface area contributed by atoms with Crippen molar-refractivity contribution in [3.63, 3.8) is 0 Å². The lowest BCUT2D eigenvalue weighted by Crippen LogP contribution is -2.53. The maximum atomic E-state index is 13.0. The molecular weight excluding hydrogens is 324 g/mol. The van der Waals surface area contributed by atoms with Gasteiger partial charge in [0.1, 0.15) is 0 Å². The van der Waals surface area contributed by atoms with Crippen LogP contribution >= 0.6 is 0 Å². The van der Waals surface area contributed by atoms with E-state index in [4.69, 9.17) is 0 Å². The number of carbonyl (C=O) groups is 2. The fourth-order valence-corrected chi connectivity index (χ4v) is 5.80. The average Bonchev–Trinajstić information content (AvgIpc) is 2.63. The highest BCUT2D eigenvalue weighted by Crippen LogP contribution is 2.60. The molecule has 0 aromatic heterocycles. The zero-order valence-corrected chi connectivity index (χ0v) is 15.3. The number of benzene rings is 1. The number of nitrogens with one attached hydrogen (secondary N) is 2. The maximum Gasteiger partial charge on any atom is 0.251 e. The van der Waals surface area contributed by atoms with E-state index in [1.807, 2.05) is 24.3 Å². The van der Waals surface area contributed by atoms with E-state index in [0.29, 0.717) is 18.7 Å². The number of amides is 2. The second-order valence-corrected chi connectivity index (χ2v) is 8.58. The molecule has 0 atom stereocenters. The van der Waals surface area contributed by atoms with Crippen molar-refractivity contribution in [3.8, 4) is 0 Å². The molecule has 4 saturated carbocycles. The van der Waals surface area contributed by atoms with Crippen molar-refractivity contribution >= 4 is 11.8 Å². The van der Waals surface area contributed by atoms with Crippen molar-refractivity contribution in [2.45, 2.75) is 45.1 Å². The summed E-state index contributed by atoms with van der Waals surface area (Å²) in [6.07, 6.45) is 8.98. The first-order valence-corrected chi connectivity index (χ1v) is 9.84. The van der Waals surface area contributed by atoms with Crippen LogP contribution in [0.3, 0.4) is 0 Å². The summed E-state index contributed by atoms with van der Waals surface area (Å²) in [5.74, 6) is 2.49. The molecular formula is C22H28N2O2. The number of hydrogen-bond donors (Lipinski definition) is 2. The van der Waals surface area contributed by atoms with Gasteiger partial charge in [0.05, 0.1) is 0 Å². The summed E-state index contributed by atoms with van der Waals surface area (Å²) in [7, 11) is 0. The maximum absolute atomic E-state index is 13.0. The fraction of sp³-hybridized carbons (Fsp3) is 0.545. The number of rotatable bonds is 6. The monoisotopic (exact) mass is 352 g/mol. The van der Waals surface area contributed by atoms with Crippen molar-refractivity contribution in [3.05, 3.63) is 48.0 Å². The Morgan fingerprint density at radius 3 is 2.12 bits per heavy atom. The molecule has 0 radical (unpaired) electrons. The van der Waals surface area contributed by atoms with Gasteiger partial charge in [0.15, 0.2) is 0 Å². The molecule has 4 heteroatoms. The van der Waals surface area contributed by atoms with Gasteiger partial charge >= 0.3 is 0 Å². The summed E-state index contributed by atoms with van der Waals surface area (Å²) in [6, 6.07) is 7.46. The Labute approximate surface area is 155 Å². The molecule has 0 spiro atoms. The minimum atomic E-state index is -0.103. The molecule has 0 aliphatic heterocycles. The summed E-state index contributed by atoms with van der Waals surface area (Å²) < 4.78 is 0. The van der Waals surface area contributed by atoms with Gasteiger partial charge in [0.25, 0.3) is 5.91 Å². The molecule has 0 heterocycles. The van der Waals surface area contributed by atoms with Crippen LogP contribution in [0, 0.1) is 23.2 Å². The summed E-state index contributed by atoms with van der Waals surface area (Å²) in [5, 5.41) is 5.95. The minimum absolute atomic E-state index is 0.0980. The van der Waals surface area contributed by atoms with Crippen molar-refractivity contribution in [2.24, 2.45) is 23.2 Å². The Bertz CT molecular complexity index is 672. The summed E-state index contributed by atoms with van der Waals surface area (Å²) in [5.41, 5.74) is 1.56. The third-order valence-electron chi connectivity index (χ3n) is 6.60. The minimum Gasteiger partial charge on any atom is -0.352 e. The van der Waals surface area contributed by atoms with Crippen LogP contribution in [0.4, 0.5) is 0 Å². The third kappa shape index (κ3) is 3.29. The first kappa shape index (κ1) is 17.3. The van der Waals surface area contributed by atoms with E-state index in [9.17, 15) is 9.59 Å². The highest BCUT2D eigenvalue weighted by atomic mass is 16.2. The van der Waals surface area contributed by atoms with Crippen LogP contribution in [0.5, 0.6) is 0 Å². The van der Waals surface area contributed by atoms with E-state index in [-0.39, 0.29) is 17.2 Å². The van der Waals surface area contributed by atoms with Crippen LogP contribution in [0.25, 0.3) is 0 Å². The SMILES string of the molecule is C=CCNC(=O)c1ccc(CNC(=O)C23CC4CC(CC(C4)C2)C3)cc1. The first-order chi connectivity index (χ1) is 12.6. The van der Waals surface area contributed by atoms with Crippen LogP contribution in [0.1, 0.15) is 54.4 Å². The standard InChI is InChI=1S/C22H28N2O2/c1-2-7-23-20(25)19-5-3-15(4-6-19)14-24-21(26)22-11-16-8-17(12-22)10-18(9-16)13-22/h2-6,16-18H,1,7-14H2,(H,23,25)(H,24,26). The summed E-state index contributed by atoms with van der Waals surface area (Å²) >= 11 is 0. The Balaban J connectivity index is 1.35. The number of hydrogen-bond acceptors (Lipinski definition) is 2. The molecule has 2 amide bonds. The fourth-order valence-electron chi connectivity index (χ4n) is 5.80. The van der Waals surface area contributed by atoms with Gasteiger partial charge in [-0.15, -0.1) is 6.58 Å². The van der Waals surface area contributed by atoms with E-state index >= 15 is 0 Å². The molecule has 4 aliphatic rings. The third-order valence-corrected chi connectivity index (χ3v) is 6.60. The van der Waals surface area contributed by atoms with Gasteiger partial charge in [-0.25, -0.2) is 0 Å². The van der Waals surface area contributed by atoms with Gasteiger partial charge in [0, 0.05) is 24.1 Å². The molecule has 5 rings (SSSR count). The van der Waals surface area contributed by atoms with Crippen LogP contribution in [-0.2, 0) is 11.3 Å². The van der Waals surface area contributed by atoms with Crippen molar-refractivity contribution in [1.29, 1.82) is 0 Å². The molecule has 4 bridgehead atoms. The van der Waals surface area contributed by atoms with Crippen LogP contribution in [-0.4, -0.2) is 18.4 Å². The van der Waals surface area contributed by atoms with Crippen molar-refractivity contribution < 1.29 is 9.59 Å². The second-order valence-electron chi connectivity index (χ2n) is 8.58. The largest absolute Gasteiger partial charge is 0.352 e. The Hall–Kier alpha value is -2.10. The number of carbonyl (C=O) groups excluding carboxylic acids is 2. The molecule has 4 fully saturated rings. The van der Waals surface area contributed by atoms with E-state index in [1.54, 1.807) is 6.08 Å². The van der Waals surface area contributed by atoms with Crippen LogP contribution in [0.15, 0.2) is 36.9 Å². The van der Waals surface area contributed by atoms with E-state index < -0.39 is 0 Å². The quantitative estimate of drug-likeness (QED) is 0.771. The van der Waals surface area contributed by atoms with E-state index in [1.165, 1.54) is 19.3 Å². The van der Waals surface area contributed by atoms with Crippen LogP contribution < -0.4 is 10.6 Å². The normalized spacial score (nSPS) is 31.5. The Kier molecular flexibility index (Phi) is 4.60. The van der Waals surface area contributed by atoms with Gasteiger partial charge in [-0.1, -0.05) is 18.2 Å². The second kappa shape index (κ2) is 6.90. The molecule has 1 aromatic rings.